The molecule has 0 N–H and O–H groups in total. The predicted octanol–water partition coefficient (Wildman–Crippen LogP) is 3.14. The van der Waals surface area contributed by atoms with Crippen molar-refractivity contribution in [1.82, 2.24) is 9.80 Å². The van der Waals surface area contributed by atoms with Gasteiger partial charge in [0, 0.05) is 44.2 Å². The third kappa shape index (κ3) is 5.07. The number of benzene rings is 1. The monoisotopic (exact) mass is 358 g/mol. The second-order valence-corrected chi connectivity index (χ2v) is 7.39. The van der Waals surface area contributed by atoms with Gasteiger partial charge in [0.05, 0.1) is 6.61 Å². The van der Waals surface area contributed by atoms with Crippen molar-refractivity contribution >= 4 is 11.7 Å². The molecule has 26 heavy (non-hydrogen) atoms. The summed E-state index contributed by atoms with van der Waals surface area (Å²) in [6, 6.07) is 7.91. The maximum absolute atomic E-state index is 12.4. The Morgan fingerprint density at radius 3 is 2.31 bits per heavy atom. The Morgan fingerprint density at radius 1 is 1.04 bits per heavy atom. The summed E-state index contributed by atoms with van der Waals surface area (Å²) < 4.78 is 5.67. The number of amides is 1. The molecule has 1 heterocycles. The Morgan fingerprint density at radius 2 is 1.69 bits per heavy atom. The SMILES string of the molecule is CC(=O)c1ccc(OCCCC(=O)N2CCN(C3CCCC3)CC2)cc1. The van der Waals surface area contributed by atoms with Gasteiger partial charge in [-0.1, -0.05) is 12.8 Å². The van der Waals surface area contributed by atoms with Crippen LogP contribution < -0.4 is 4.74 Å². The molecule has 2 aliphatic rings. The molecule has 5 nitrogen and oxygen atoms in total. The van der Waals surface area contributed by atoms with Gasteiger partial charge in [-0.2, -0.15) is 0 Å². The number of rotatable bonds is 7. The van der Waals surface area contributed by atoms with Crippen LogP contribution in [0.25, 0.3) is 0 Å². The van der Waals surface area contributed by atoms with E-state index >= 15 is 0 Å². The molecule has 2 fully saturated rings. The lowest BCUT2D eigenvalue weighted by Gasteiger charge is -2.38. The standard InChI is InChI=1S/C21H30N2O3/c1-17(24)18-8-10-20(11-9-18)26-16-4-7-21(25)23-14-12-22(13-15-23)19-5-2-3-6-19/h8-11,19H,2-7,12-16H2,1H3. The van der Waals surface area contributed by atoms with Crippen LogP contribution in [0.3, 0.4) is 0 Å². The second kappa shape index (κ2) is 9.17. The number of Topliss-reactive ketones (excluding diaryl/α,β-unsaturated/α-hetero) is 1. The molecule has 0 atom stereocenters. The molecule has 0 spiro atoms. The van der Waals surface area contributed by atoms with Crippen molar-refractivity contribution in [3.63, 3.8) is 0 Å². The zero-order valence-corrected chi connectivity index (χ0v) is 15.8. The lowest BCUT2D eigenvalue weighted by atomic mass is 10.1. The van der Waals surface area contributed by atoms with Crippen molar-refractivity contribution in [3.8, 4) is 5.75 Å². The molecule has 1 amide bonds. The van der Waals surface area contributed by atoms with Crippen LogP contribution in [0.15, 0.2) is 24.3 Å². The molecular formula is C21H30N2O3. The van der Waals surface area contributed by atoms with E-state index in [1.54, 1.807) is 31.2 Å². The Kier molecular flexibility index (Phi) is 6.67. The van der Waals surface area contributed by atoms with Crippen LogP contribution in [0.1, 0.15) is 55.8 Å². The van der Waals surface area contributed by atoms with Crippen molar-refractivity contribution < 1.29 is 14.3 Å². The summed E-state index contributed by atoms with van der Waals surface area (Å²) in [5, 5.41) is 0. The fraction of sp³-hybridized carbons (Fsp3) is 0.619. The highest BCUT2D eigenvalue weighted by atomic mass is 16.5. The van der Waals surface area contributed by atoms with E-state index in [0.717, 1.165) is 44.4 Å². The number of ether oxygens (including phenoxy) is 1. The van der Waals surface area contributed by atoms with Gasteiger partial charge in [-0.25, -0.2) is 0 Å². The summed E-state index contributed by atoms with van der Waals surface area (Å²) in [5.74, 6) is 1.04. The lowest BCUT2D eigenvalue weighted by molar-refractivity contribution is -0.133. The van der Waals surface area contributed by atoms with Crippen LogP contribution in [-0.4, -0.2) is 60.3 Å². The van der Waals surface area contributed by atoms with Gasteiger partial charge in [0.15, 0.2) is 5.78 Å². The van der Waals surface area contributed by atoms with Crippen LogP contribution in [0.2, 0.25) is 0 Å². The summed E-state index contributed by atoms with van der Waals surface area (Å²) in [4.78, 5) is 28.2. The molecule has 1 aromatic carbocycles. The normalized spacial score (nSPS) is 18.9. The van der Waals surface area contributed by atoms with E-state index in [0.29, 0.717) is 18.6 Å². The Balaban J connectivity index is 1.32. The molecule has 1 saturated carbocycles. The molecule has 1 aromatic rings. The minimum Gasteiger partial charge on any atom is -0.494 e. The third-order valence-corrected chi connectivity index (χ3v) is 5.57. The molecule has 3 rings (SSSR count). The van der Waals surface area contributed by atoms with Gasteiger partial charge < -0.3 is 9.64 Å². The first-order chi connectivity index (χ1) is 12.6. The smallest absolute Gasteiger partial charge is 0.222 e. The number of carbonyl (C=O) groups is 2. The third-order valence-electron chi connectivity index (χ3n) is 5.57. The van der Waals surface area contributed by atoms with Crippen LogP contribution in [0, 0.1) is 0 Å². The first kappa shape index (κ1) is 18.9. The minimum absolute atomic E-state index is 0.0511. The summed E-state index contributed by atoms with van der Waals surface area (Å²) in [6.45, 7) is 5.85. The molecule has 1 saturated heterocycles. The number of carbonyl (C=O) groups excluding carboxylic acids is 2. The Hall–Kier alpha value is -1.88. The first-order valence-electron chi connectivity index (χ1n) is 9.89. The average Bonchev–Trinajstić information content (AvgIpc) is 3.20. The topological polar surface area (TPSA) is 49.9 Å². The van der Waals surface area contributed by atoms with E-state index in [1.807, 2.05) is 4.90 Å². The fourth-order valence-electron chi connectivity index (χ4n) is 3.96. The highest BCUT2D eigenvalue weighted by Gasteiger charge is 2.27. The molecule has 1 aliphatic heterocycles. The summed E-state index contributed by atoms with van der Waals surface area (Å²) >= 11 is 0. The van der Waals surface area contributed by atoms with Crippen molar-refractivity contribution in [1.29, 1.82) is 0 Å². The second-order valence-electron chi connectivity index (χ2n) is 7.39. The van der Waals surface area contributed by atoms with Crippen LogP contribution in [0.4, 0.5) is 0 Å². The number of piperazine rings is 1. The lowest BCUT2D eigenvalue weighted by Crippen LogP contribution is -2.51. The van der Waals surface area contributed by atoms with Gasteiger partial charge in [0.2, 0.25) is 5.91 Å². The van der Waals surface area contributed by atoms with E-state index in [2.05, 4.69) is 4.90 Å². The Labute approximate surface area is 156 Å². The van der Waals surface area contributed by atoms with Gasteiger partial charge in [-0.05, 0) is 50.5 Å². The van der Waals surface area contributed by atoms with Crippen molar-refractivity contribution in [2.45, 2.75) is 51.5 Å². The van der Waals surface area contributed by atoms with Crippen LogP contribution in [-0.2, 0) is 4.79 Å². The zero-order valence-electron chi connectivity index (χ0n) is 15.8. The number of nitrogens with zero attached hydrogens (tertiary/aromatic N) is 2. The van der Waals surface area contributed by atoms with E-state index in [1.165, 1.54) is 25.7 Å². The molecule has 1 aliphatic carbocycles. The molecule has 142 valence electrons. The first-order valence-corrected chi connectivity index (χ1v) is 9.89. The van der Waals surface area contributed by atoms with Gasteiger partial charge >= 0.3 is 0 Å². The van der Waals surface area contributed by atoms with Crippen molar-refractivity contribution in [2.24, 2.45) is 0 Å². The molecular weight excluding hydrogens is 328 g/mol. The van der Waals surface area contributed by atoms with Gasteiger partial charge in [0.25, 0.3) is 0 Å². The molecule has 5 heteroatoms. The fourth-order valence-corrected chi connectivity index (χ4v) is 3.96. The van der Waals surface area contributed by atoms with E-state index in [-0.39, 0.29) is 11.7 Å². The van der Waals surface area contributed by atoms with Crippen LogP contribution in [0.5, 0.6) is 5.75 Å². The molecule has 0 bridgehead atoms. The summed E-state index contributed by atoms with van der Waals surface area (Å²) in [5.41, 5.74) is 0.685. The summed E-state index contributed by atoms with van der Waals surface area (Å²) in [6.07, 6.45) is 6.64. The average molecular weight is 358 g/mol. The highest BCUT2D eigenvalue weighted by molar-refractivity contribution is 5.94. The minimum atomic E-state index is 0.0511. The maximum Gasteiger partial charge on any atom is 0.222 e. The molecule has 0 radical (unpaired) electrons. The van der Waals surface area contributed by atoms with Gasteiger partial charge in [-0.3, -0.25) is 14.5 Å². The maximum atomic E-state index is 12.4. The van der Waals surface area contributed by atoms with Gasteiger partial charge in [-0.15, -0.1) is 0 Å². The largest absolute Gasteiger partial charge is 0.494 e. The highest BCUT2D eigenvalue weighted by Crippen LogP contribution is 2.24. The number of ketones is 1. The summed E-state index contributed by atoms with van der Waals surface area (Å²) in [7, 11) is 0. The van der Waals surface area contributed by atoms with Crippen LogP contribution >= 0.6 is 0 Å². The number of hydrogen-bond donors (Lipinski definition) is 0. The zero-order chi connectivity index (χ0) is 18.4. The predicted molar refractivity (Wildman–Crippen MR) is 102 cm³/mol. The molecule has 0 unspecified atom stereocenters. The van der Waals surface area contributed by atoms with E-state index in [9.17, 15) is 9.59 Å². The van der Waals surface area contributed by atoms with Crippen molar-refractivity contribution in [2.75, 3.05) is 32.8 Å². The van der Waals surface area contributed by atoms with Crippen molar-refractivity contribution in [3.05, 3.63) is 29.8 Å². The van der Waals surface area contributed by atoms with Gasteiger partial charge in [0.1, 0.15) is 5.75 Å². The quantitative estimate of drug-likeness (QED) is 0.555. The number of hydrogen-bond acceptors (Lipinski definition) is 4. The Bertz CT molecular complexity index is 600. The van der Waals surface area contributed by atoms with E-state index in [4.69, 9.17) is 4.74 Å². The molecule has 0 aromatic heterocycles. The van der Waals surface area contributed by atoms with E-state index < -0.39 is 0 Å².